The minimum Gasteiger partial charge on any atom is -0.497 e. The maximum absolute atomic E-state index is 10.5. The molecule has 19 heavy (non-hydrogen) atoms. The Bertz CT molecular complexity index is 592. The largest absolute Gasteiger partial charge is 0.497 e. The maximum atomic E-state index is 10.5. The molecule has 1 aliphatic rings. The number of aliphatic hydroxyl groups excluding tert-OH is 1. The molecule has 100 valence electrons. The Morgan fingerprint density at radius 1 is 1.42 bits per heavy atom. The zero-order chi connectivity index (χ0) is 13.4. The van der Waals surface area contributed by atoms with E-state index in [1.54, 1.807) is 7.11 Å². The summed E-state index contributed by atoms with van der Waals surface area (Å²) in [6.45, 7) is 2.01. The molecule has 0 radical (unpaired) electrons. The molecule has 1 heterocycles. The summed E-state index contributed by atoms with van der Waals surface area (Å²) in [5.74, 6) is 0.847. The third-order valence-electron chi connectivity index (χ3n) is 3.81. The molecule has 0 bridgehead atoms. The zero-order valence-electron chi connectivity index (χ0n) is 11.2. The summed E-state index contributed by atoms with van der Waals surface area (Å²) in [7, 11) is 1.66. The Morgan fingerprint density at radius 2 is 2.26 bits per heavy atom. The average molecular weight is 258 g/mol. The molecular weight excluding hydrogens is 240 g/mol. The number of benzene rings is 1. The van der Waals surface area contributed by atoms with E-state index in [4.69, 9.17) is 4.74 Å². The summed E-state index contributed by atoms with van der Waals surface area (Å²) in [6, 6.07) is 5.90. The van der Waals surface area contributed by atoms with Crippen molar-refractivity contribution in [2.75, 3.05) is 7.11 Å². The van der Waals surface area contributed by atoms with Gasteiger partial charge in [0.2, 0.25) is 0 Å². The fraction of sp³-hybridized carbons (Fsp3) is 0.400. The molecule has 2 atom stereocenters. The summed E-state index contributed by atoms with van der Waals surface area (Å²) < 4.78 is 7.11. The van der Waals surface area contributed by atoms with E-state index in [1.807, 2.05) is 42.2 Å². The van der Waals surface area contributed by atoms with Gasteiger partial charge in [0.25, 0.3) is 0 Å². The molecule has 2 unspecified atom stereocenters. The highest BCUT2D eigenvalue weighted by atomic mass is 16.5. The normalized spacial score (nSPS) is 22.1. The molecule has 1 aromatic carbocycles. The first kappa shape index (κ1) is 12.2. The van der Waals surface area contributed by atoms with Crippen molar-refractivity contribution in [2.24, 2.45) is 0 Å². The van der Waals surface area contributed by atoms with Crippen molar-refractivity contribution in [1.29, 1.82) is 0 Å². The third kappa shape index (κ3) is 2.12. The summed E-state index contributed by atoms with van der Waals surface area (Å²) in [6.07, 6.45) is 5.14. The zero-order valence-corrected chi connectivity index (χ0v) is 11.2. The quantitative estimate of drug-likeness (QED) is 0.900. The predicted molar refractivity (Wildman–Crippen MR) is 72.3 cm³/mol. The van der Waals surface area contributed by atoms with Gasteiger partial charge in [-0.05, 0) is 48.6 Å². The summed E-state index contributed by atoms with van der Waals surface area (Å²) in [4.78, 5) is 0. The van der Waals surface area contributed by atoms with E-state index in [0.717, 1.165) is 29.7 Å². The lowest BCUT2D eigenvalue weighted by Crippen LogP contribution is -2.24. The minimum absolute atomic E-state index is 0.0228. The van der Waals surface area contributed by atoms with E-state index < -0.39 is 6.10 Å². The second kappa shape index (κ2) is 4.70. The average Bonchev–Trinajstić information content (AvgIpc) is 2.85. The number of aliphatic hydroxyl groups is 1. The van der Waals surface area contributed by atoms with E-state index >= 15 is 0 Å². The Kier molecular flexibility index (Phi) is 3.03. The van der Waals surface area contributed by atoms with Crippen LogP contribution in [0.3, 0.4) is 0 Å². The fourth-order valence-electron chi connectivity index (χ4n) is 2.77. The molecule has 4 heteroatoms. The predicted octanol–water partition coefficient (Wildman–Crippen LogP) is 2.42. The molecule has 0 saturated heterocycles. The first-order valence-electron chi connectivity index (χ1n) is 6.54. The second-order valence-electron chi connectivity index (χ2n) is 5.11. The standard InChI is InChI=1S/C15H18N2O2/c1-10-8-16-17(9-10)14-6-3-11-7-12(19-2)4-5-13(11)15(14)18/h4-5,7-9,14-15,18H,3,6H2,1-2H3. The van der Waals surface area contributed by atoms with E-state index in [-0.39, 0.29) is 6.04 Å². The number of aromatic nitrogens is 2. The second-order valence-corrected chi connectivity index (χ2v) is 5.11. The Labute approximate surface area is 112 Å². The number of rotatable bonds is 2. The first-order chi connectivity index (χ1) is 9.19. The monoisotopic (exact) mass is 258 g/mol. The molecular formula is C15H18N2O2. The molecule has 0 saturated carbocycles. The van der Waals surface area contributed by atoms with Gasteiger partial charge >= 0.3 is 0 Å². The summed E-state index contributed by atoms with van der Waals surface area (Å²) in [5, 5.41) is 14.9. The summed E-state index contributed by atoms with van der Waals surface area (Å²) in [5.41, 5.74) is 3.28. The highest BCUT2D eigenvalue weighted by Crippen LogP contribution is 2.38. The molecule has 3 rings (SSSR count). The van der Waals surface area contributed by atoms with Crippen LogP contribution < -0.4 is 4.74 Å². The van der Waals surface area contributed by atoms with Gasteiger partial charge in [-0.2, -0.15) is 5.10 Å². The number of ether oxygens (including phenoxy) is 1. The van der Waals surface area contributed by atoms with E-state index in [9.17, 15) is 5.11 Å². The SMILES string of the molecule is COc1ccc2c(c1)CCC(n1cc(C)cn1)C2O. The molecule has 1 aliphatic carbocycles. The van der Waals surface area contributed by atoms with Crippen molar-refractivity contribution >= 4 is 0 Å². The molecule has 1 aromatic heterocycles. The number of nitrogens with zero attached hydrogens (tertiary/aromatic N) is 2. The number of methoxy groups -OCH3 is 1. The van der Waals surface area contributed by atoms with Crippen molar-refractivity contribution in [3.8, 4) is 5.75 Å². The lowest BCUT2D eigenvalue weighted by Gasteiger charge is -2.30. The lowest BCUT2D eigenvalue weighted by molar-refractivity contribution is 0.0921. The highest BCUT2D eigenvalue weighted by Gasteiger charge is 2.29. The van der Waals surface area contributed by atoms with Crippen LogP contribution in [0, 0.1) is 6.92 Å². The van der Waals surface area contributed by atoms with Crippen molar-refractivity contribution in [3.05, 3.63) is 47.3 Å². The van der Waals surface area contributed by atoms with Crippen LogP contribution in [0.15, 0.2) is 30.6 Å². The van der Waals surface area contributed by atoms with Crippen LogP contribution in [0.4, 0.5) is 0 Å². The maximum Gasteiger partial charge on any atom is 0.119 e. The number of aryl methyl sites for hydroxylation is 2. The van der Waals surface area contributed by atoms with Crippen molar-refractivity contribution in [2.45, 2.75) is 31.9 Å². The molecule has 1 N–H and O–H groups in total. The molecule has 4 nitrogen and oxygen atoms in total. The van der Waals surface area contributed by atoms with Crippen LogP contribution in [0.2, 0.25) is 0 Å². The van der Waals surface area contributed by atoms with Crippen LogP contribution in [0.25, 0.3) is 0 Å². The van der Waals surface area contributed by atoms with Crippen molar-refractivity contribution in [3.63, 3.8) is 0 Å². The first-order valence-corrected chi connectivity index (χ1v) is 6.54. The van der Waals surface area contributed by atoms with Gasteiger partial charge in [-0.3, -0.25) is 4.68 Å². The Hall–Kier alpha value is -1.81. The van der Waals surface area contributed by atoms with Gasteiger partial charge < -0.3 is 9.84 Å². The molecule has 0 fully saturated rings. The molecule has 0 amide bonds. The topological polar surface area (TPSA) is 47.3 Å². The summed E-state index contributed by atoms with van der Waals surface area (Å²) >= 11 is 0. The number of hydrogen-bond donors (Lipinski definition) is 1. The Morgan fingerprint density at radius 3 is 2.95 bits per heavy atom. The van der Waals surface area contributed by atoms with Gasteiger partial charge in [0.15, 0.2) is 0 Å². The van der Waals surface area contributed by atoms with Gasteiger partial charge in [-0.1, -0.05) is 6.07 Å². The van der Waals surface area contributed by atoms with Crippen LogP contribution in [-0.4, -0.2) is 22.0 Å². The van der Waals surface area contributed by atoms with E-state index in [1.165, 1.54) is 5.56 Å². The van der Waals surface area contributed by atoms with Crippen LogP contribution >= 0.6 is 0 Å². The van der Waals surface area contributed by atoms with Crippen LogP contribution in [-0.2, 0) is 6.42 Å². The van der Waals surface area contributed by atoms with Crippen LogP contribution in [0.1, 0.15) is 35.3 Å². The third-order valence-corrected chi connectivity index (χ3v) is 3.81. The van der Waals surface area contributed by atoms with E-state index in [2.05, 4.69) is 5.10 Å². The van der Waals surface area contributed by atoms with Crippen molar-refractivity contribution < 1.29 is 9.84 Å². The van der Waals surface area contributed by atoms with Gasteiger partial charge in [-0.15, -0.1) is 0 Å². The van der Waals surface area contributed by atoms with Gasteiger partial charge in [0.05, 0.1) is 19.3 Å². The highest BCUT2D eigenvalue weighted by molar-refractivity contribution is 5.39. The van der Waals surface area contributed by atoms with Gasteiger partial charge in [-0.25, -0.2) is 0 Å². The van der Waals surface area contributed by atoms with Crippen LogP contribution in [0.5, 0.6) is 5.75 Å². The lowest BCUT2D eigenvalue weighted by atomic mass is 9.86. The number of hydrogen-bond acceptors (Lipinski definition) is 3. The fourth-order valence-corrected chi connectivity index (χ4v) is 2.77. The van der Waals surface area contributed by atoms with E-state index in [0.29, 0.717) is 0 Å². The smallest absolute Gasteiger partial charge is 0.119 e. The Balaban J connectivity index is 1.93. The molecule has 0 aliphatic heterocycles. The number of fused-ring (bicyclic) bond motifs is 1. The molecule has 0 spiro atoms. The van der Waals surface area contributed by atoms with Gasteiger partial charge in [0.1, 0.15) is 11.9 Å². The molecule has 2 aromatic rings. The van der Waals surface area contributed by atoms with Gasteiger partial charge in [0, 0.05) is 6.20 Å². The van der Waals surface area contributed by atoms with Crippen molar-refractivity contribution in [1.82, 2.24) is 9.78 Å². The minimum atomic E-state index is -0.506.